The molecule has 0 amide bonds. The monoisotopic (exact) mass is 216 g/mol. The second kappa shape index (κ2) is 3.69. The molecule has 0 spiro atoms. The first-order valence-electron chi connectivity index (χ1n) is 4.77. The molecule has 1 heterocycles. The van der Waals surface area contributed by atoms with Crippen LogP contribution in [0.15, 0.2) is 24.3 Å². The standard InChI is InChI=1S/C11H12N4O/c1-6-14-10(12)9(11(13)15-6)7-3-2-4-8(16)5-7/h2-5,16H,1H3,(H4,12,13,14,15). The molecule has 82 valence electrons. The minimum Gasteiger partial charge on any atom is -0.508 e. The Labute approximate surface area is 92.8 Å². The zero-order chi connectivity index (χ0) is 11.7. The van der Waals surface area contributed by atoms with Gasteiger partial charge >= 0.3 is 0 Å². The lowest BCUT2D eigenvalue weighted by Crippen LogP contribution is -2.04. The van der Waals surface area contributed by atoms with Crippen LogP contribution >= 0.6 is 0 Å². The number of aryl methyl sites for hydroxylation is 1. The second-order valence-corrected chi connectivity index (χ2v) is 3.47. The van der Waals surface area contributed by atoms with E-state index in [1.165, 1.54) is 0 Å². The Morgan fingerprint density at radius 2 is 1.75 bits per heavy atom. The van der Waals surface area contributed by atoms with Crippen molar-refractivity contribution in [1.82, 2.24) is 9.97 Å². The predicted molar refractivity (Wildman–Crippen MR) is 62.7 cm³/mol. The fourth-order valence-corrected chi connectivity index (χ4v) is 1.57. The number of aromatic hydroxyl groups is 1. The van der Waals surface area contributed by atoms with Crippen LogP contribution in [-0.2, 0) is 0 Å². The highest BCUT2D eigenvalue weighted by Crippen LogP contribution is 2.30. The van der Waals surface area contributed by atoms with Gasteiger partial charge in [-0.15, -0.1) is 0 Å². The van der Waals surface area contributed by atoms with Crippen LogP contribution in [0.25, 0.3) is 11.1 Å². The van der Waals surface area contributed by atoms with Crippen molar-refractivity contribution in [2.24, 2.45) is 0 Å². The molecule has 0 fully saturated rings. The van der Waals surface area contributed by atoms with E-state index < -0.39 is 0 Å². The number of aromatic nitrogens is 2. The highest BCUT2D eigenvalue weighted by molar-refractivity contribution is 5.82. The van der Waals surface area contributed by atoms with E-state index >= 15 is 0 Å². The molecule has 5 nitrogen and oxygen atoms in total. The fourth-order valence-electron chi connectivity index (χ4n) is 1.57. The summed E-state index contributed by atoms with van der Waals surface area (Å²) in [6.07, 6.45) is 0. The normalized spacial score (nSPS) is 10.3. The van der Waals surface area contributed by atoms with Gasteiger partial charge in [-0.25, -0.2) is 9.97 Å². The van der Waals surface area contributed by atoms with E-state index in [0.717, 1.165) is 0 Å². The number of phenolic OH excluding ortho intramolecular Hbond substituents is 1. The third-order valence-corrected chi connectivity index (χ3v) is 2.21. The Kier molecular flexibility index (Phi) is 2.36. The van der Waals surface area contributed by atoms with Crippen LogP contribution in [0.1, 0.15) is 5.82 Å². The van der Waals surface area contributed by atoms with E-state index in [1.54, 1.807) is 31.2 Å². The maximum atomic E-state index is 9.39. The molecular weight excluding hydrogens is 204 g/mol. The van der Waals surface area contributed by atoms with Crippen molar-refractivity contribution in [3.05, 3.63) is 30.1 Å². The summed E-state index contributed by atoms with van der Waals surface area (Å²) in [5.74, 6) is 1.31. The number of benzene rings is 1. The summed E-state index contributed by atoms with van der Waals surface area (Å²) in [5, 5.41) is 9.39. The van der Waals surface area contributed by atoms with Crippen molar-refractivity contribution in [3.8, 4) is 16.9 Å². The maximum Gasteiger partial charge on any atom is 0.137 e. The first kappa shape index (κ1) is 10.2. The second-order valence-electron chi connectivity index (χ2n) is 3.47. The number of anilines is 2. The third-order valence-electron chi connectivity index (χ3n) is 2.21. The third kappa shape index (κ3) is 1.75. The molecule has 0 aliphatic carbocycles. The Balaban J connectivity index is 2.64. The Hall–Kier alpha value is -2.30. The van der Waals surface area contributed by atoms with Crippen molar-refractivity contribution < 1.29 is 5.11 Å². The lowest BCUT2D eigenvalue weighted by Gasteiger charge is -2.08. The molecule has 0 saturated heterocycles. The molecule has 0 bridgehead atoms. The SMILES string of the molecule is Cc1nc(N)c(-c2cccc(O)c2)c(N)n1. The molecule has 2 aromatic rings. The molecule has 0 unspecified atom stereocenters. The largest absolute Gasteiger partial charge is 0.508 e. The number of hydrogen-bond donors (Lipinski definition) is 3. The van der Waals surface area contributed by atoms with Crippen molar-refractivity contribution in [2.75, 3.05) is 11.5 Å². The van der Waals surface area contributed by atoms with E-state index in [1.807, 2.05) is 0 Å². The number of rotatable bonds is 1. The smallest absolute Gasteiger partial charge is 0.137 e. The van der Waals surface area contributed by atoms with Crippen molar-refractivity contribution >= 4 is 11.6 Å². The van der Waals surface area contributed by atoms with E-state index in [4.69, 9.17) is 11.5 Å². The Morgan fingerprint density at radius 3 is 2.31 bits per heavy atom. The van der Waals surface area contributed by atoms with Gasteiger partial charge in [0.1, 0.15) is 23.2 Å². The van der Waals surface area contributed by atoms with Crippen molar-refractivity contribution in [3.63, 3.8) is 0 Å². The summed E-state index contributed by atoms with van der Waals surface area (Å²) in [7, 11) is 0. The van der Waals surface area contributed by atoms with Crippen LogP contribution < -0.4 is 11.5 Å². The van der Waals surface area contributed by atoms with E-state index in [9.17, 15) is 5.11 Å². The summed E-state index contributed by atoms with van der Waals surface area (Å²) in [4.78, 5) is 8.09. The first-order valence-corrected chi connectivity index (χ1v) is 4.77. The summed E-state index contributed by atoms with van der Waals surface area (Å²) >= 11 is 0. The minimum atomic E-state index is 0.150. The number of nitrogens with zero attached hydrogens (tertiary/aromatic N) is 2. The predicted octanol–water partition coefficient (Wildman–Crippen LogP) is 1.32. The molecule has 0 atom stereocenters. The highest BCUT2D eigenvalue weighted by atomic mass is 16.3. The zero-order valence-corrected chi connectivity index (χ0v) is 8.81. The van der Waals surface area contributed by atoms with Gasteiger partial charge in [0.05, 0.1) is 5.56 Å². The van der Waals surface area contributed by atoms with Gasteiger partial charge < -0.3 is 16.6 Å². The maximum absolute atomic E-state index is 9.39. The number of hydrogen-bond acceptors (Lipinski definition) is 5. The van der Waals surface area contributed by atoms with Crippen LogP contribution in [0.4, 0.5) is 11.6 Å². The number of nitrogens with two attached hydrogens (primary N) is 2. The van der Waals surface area contributed by atoms with Gasteiger partial charge in [-0.2, -0.15) is 0 Å². The van der Waals surface area contributed by atoms with Crippen molar-refractivity contribution in [1.29, 1.82) is 0 Å². The molecule has 0 radical (unpaired) electrons. The van der Waals surface area contributed by atoms with Crippen LogP contribution in [0.5, 0.6) is 5.75 Å². The van der Waals surface area contributed by atoms with Gasteiger partial charge in [-0.1, -0.05) is 12.1 Å². The molecule has 1 aromatic carbocycles. The highest BCUT2D eigenvalue weighted by Gasteiger charge is 2.10. The minimum absolute atomic E-state index is 0.150. The van der Waals surface area contributed by atoms with Crippen LogP contribution in [-0.4, -0.2) is 15.1 Å². The van der Waals surface area contributed by atoms with Gasteiger partial charge in [-0.3, -0.25) is 0 Å². The molecule has 16 heavy (non-hydrogen) atoms. The number of phenols is 1. The van der Waals surface area contributed by atoms with Crippen LogP contribution in [0.3, 0.4) is 0 Å². The van der Waals surface area contributed by atoms with E-state index in [-0.39, 0.29) is 5.75 Å². The quantitative estimate of drug-likeness (QED) is 0.667. The first-order chi connectivity index (χ1) is 7.58. The Morgan fingerprint density at radius 1 is 1.12 bits per heavy atom. The van der Waals surface area contributed by atoms with Gasteiger partial charge in [0.2, 0.25) is 0 Å². The van der Waals surface area contributed by atoms with E-state index in [2.05, 4.69) is 9.97 Å². The molecule has 0 saturated carbocycles. The summed E-state index contributed by atoms with van der Waals surface area (Å²) in [5.41, 5.74) is 12.8. The topological polar surface area (TPSA) is 98.0 Å². The molecule has 0 aliphatic rings. The van der Waals surface area contributed by atoms with Crippen LogP contribution in [0, 0.1) is 6.92 Å². The van der Waals surface area contributed by atoms with Crippen molar-refractivity contribution in [2.45, 2.75) is 6.92 Å². The average molecular weight is 216 g/mol. The van der Waals surface area contributed by atoms with Gasteiger partial charge in [0.25, 0.3) is 0 Å². The van der Waals surface area contributed by atoms with Gasteiger partial charge in [0.15, 0.2) is 0 Å². The molecule has 5 heteroatoms. The Bertz CT molecular complexity index is 516. The molecule has 2 rings (SSSR count). The summed E-state index contributed by atoms with van der Waals surface area (Å²) in [6, 6.07) is 6.65. The average Bonchev–Trinajstić information content (AvgIpc) is 2.15. The number of nitrogen functional groups attached to an aromatic ring is 2. The van der Waals surface area contributed by atoms with Crippen LogP contribution in [0.2, 0.25) is 0 Å². The molecule has 5 N–H and O–H groups in total. The van der Waals surface area contributed by atoms with Gasteiger partial charge in [0, 0.05) is 0 Å². The summed E-state index contributed by atoms with van der Waals surface area (Å²) < 4.78 is 0. The zero-order valence-electron chi connectivity index (χ0n) is 8.81. The van der Waals surface area contributed by atoms with E-state index in [0.29, 0.717) is 28.6 Å². The lowest BCUT2D eigenvalue weighted by atomic mass is 10.1. The van der Waals surface area contributed by atoms with Gasteiger partial charge in [-0.05, 0) is 24.6 Å². The molecular formula is C11H12N4O. The lowest BCUT2D eigenvalue weighted by molar-refractivity contribution is 0.475. The fraction of sp³-hybridized carbons (Fsp3) is 0.0909. The molecule has 1 aromatic heterocycles. The molecule has 0 aliphatic heterocycles. The summed E-state index contributed by atoms with van der Waals surface area (Å²) in [6.45, 7) is 1.72.